The molecule has 2 atom stereocenters. The molecule has 2 rings (SSSR count). The van der Waals surface area contributed by atoms with Crippen LogP contribution in [0.15, 0.2) is 29.2 Å². The molecule has 0 aromatic heterocycles. The molecule has 0 aliphatic carbocycles. The molecule has 1 N–H and O–H groups in total. The second kappa shape index (κ2) is 6.98. The quantitative estimate of drug-likeness (QED) is 0.853. The van der Waals surface area contributed by atoms with Crippen LogP contribution in [0, 0.1) is 11.8 Å². The van der Waals surface area contributed by atoms with Crippen molar-refractivity contribution in [1.82, 2.24) is 4.31 Å². The maximum absolute atomic E-state index is 12.7. The molecule has 1 heterocycles. The Balaban J connectivity index is 2.17. The van der Waals surface area contributed by atoms with Crippen LogP contribution in [-0.4, -0.2) is 37.6 Å². The van der Waals surface area contributed by atoms with Gasteiger partial charge in [-0.1, -0.05) is 13.8 Å². The van der Waals surface area contributed by atoms with E-state index in [9.17, 15) is 13.2 Å². The van der Waals surface area contributed by atoms with E-state index in [4.69, 9.17) is 11.6 Å². The number of rotatable bonds is 4. The first-order valence-corrected chi connectivity index (χ1v) is 9.26. The van der Waals surface area contributed by atoms with Gasteiger partial charge in [0.2, 0.25) is 15.9 Å². The van der Waals surface area contributed by atoms with Gasteiger partial charge in [-0.3, -0.25) is 4.79 Å². The number of halogens is 1. The van der Waals surface area contributed by atoms with Crippen molar-refractivity contribution in [1.29, 1.82) is 0 Å². The average molecular weight is 345 g/mol. The van der Waals surface area contributed by atoms with E-state index in [1.165, 1.54) is 12.1 Å². The highest BCUT2D eigenvalue weighted by Gasteiger charge is 2.31. The van der Waals surface area contributed by atoms with Gasteiger partial charge in [-0.15, -0.1) is 11.6 Å². The van der Waals surface area contributed by atoms with Crippen molar-refractivity contribution < 1.29 is 13.2 Å². The number of piperidine rings is 1. The third-order valence-electron chi connectivity index (χ3n) is 3.73. The van der Waals surface area contributed by atoms with E-state index in [1.807, 2.05) is 0 Å². The summed E-state index contributed by atoms with van der Waals surface area (Å²) in [5.41, 5.74) is 0.532. The van der Waals surface area contributed by atoms with Crippen LogP contribution < -0.4 is 5.32 Å². The third kappa shape index (κ3) is 4.00. The summed E-state index contributed by atoms with van der Waals surface area (Å²) >= 11 is 5.42. The lowest BCUT2D eigenvalue weighted by Crippen LogP contribution is -2.42. The van der Waals surface area contributed by atoms with Gasteiger partial charge in [0.25, 0.3) is 0 Å². The fourth-order valence-corrected chi connectivity index (χ4v) is 4.60. The molecule has 1 aromatic rings. The summed E-state index contributed by atoms with van der Waals surface area (Å²) in [6, 6.07) is 6.19. The normalized spacial score (nSPS) is 23.2. The molecule has 7 heteroatoms. The highest BCUT2D eigenvalue weighted by atomic mass is 35.5. The first-order valence-electron chi connectivity index (χ1n) is 7.29. The number of carbonyl (C=O) groups excluding carboxylic acids is 1. The molecule has 1 aliphatic heterocycles. The lowest BCUT2D eigenvalue weighted by atomic mass is 9.94. The van der Waals surface area contributed by atoms with Gasteiger partial charge in [0.15, 0.2) is 0 Å². The third-order valence-corrected chi connectivity index (χ3v) is 5.82. The van der Waals surface area contributed by atoms with E-state index in [0.717, 1.165) is 6.42 Å². The number of hydrogen-bond donors (Lipinski definition) is 1. The van der Waals surface area contributed by atoms with E-state index in [1.54, 1.807) is 16.4 Å². The molecule has 1 fully saturated rings. The van der Waals surface area contributed by atoms with Gasteiger partial charge in [0.1, 0.15) is 5.88 Å². The summed E-state index contributed by atoms with van der Waals surface area (Å²) in [4.78, 5) is 11.5. The Morgan fingerprint density at radius 2 is 1.77 bits per heavy atom. The van der Waals surface area contributed by atoms with Crippen molar-refractivity contribution in [3.8, 4) is 0 Å². The number of anilines is 1. The molecule has 0 unspecified atom stereocenters. The molecule has 1 amide bonds. The zero-order valence-electron chi connectivity index (χ0n) is 12.8. The van der Waals surface area contributed by atoms with Gasteiger partial charge in [0.05, 0.1) is 4.90 Å². The van der Waals surface area contributed by atoms with Crippen LogP contribution in [0.2, 0.25) is 0 Å². The van der Waals surface area contributed by atoms with Crippen LogP contribution in [0.3, 0.4) is 0 Å². The van der Waals surface area contributed by atoms with Crippen molar-refractivity contribution in [2.45, 2.75) is 25.2 Å². The Labute approximate surface area is 136 Å². The summed E-state index contributed by atoms with van der Waals surface area (Å²) in [6.45, 7) is 5.25. The summed E-state index contributed by atoms with van der Waals surface area (Å²) in [6.07, 6.45) is 1.05. The van der Waals surface area contributed by atoms with Crippen molar-refractivity contribution in [2.24, 2.45) is 11.8 Å². The van der Waals surface area contributed by atoms with Crippen molar-refractivity contribution in [3.05, 3.63) is 24.3 Å². The smallest absolute Gasteiger partial charge is 0.243 e. The molecule has 1 aliphatic rings. The molecule has 0 radical (unpaired) electrons. The monoisotopic (exact) mass is 344 g/mol. The minimum absolute atomic E-state index is 0.135. The van der Waals surface area contributed by atoms with Crippen LogP contribution in [0.1, 0.15) is 20.3 Å². The Bertz CT molecular complexity index is 621. The van der Waals surface area contributed by atoms with E-state index in [2.05, 4.69) is 19.2 Å². The molecule has 122 valence electrons. The number of amides is 1. The predicted molar refractivity (Wildman–Crippen MR) is 87.5 cm³/mol. The molecular weight excluding hydrogens is 324 g/mol. The summed E-state index contributed by atoms with van der Waals surface area (Å²) < 4.78 is 26.9. The Morgan fingerprint density at radius 3 is 2.27 bits per heavy atom. The van der Waals surface area contributed by atoms with Crippen LogP contribution in [0.4, 0.5) is 5.69 Å². The number of benzene rings is 1. The number of nitrogens with one attached hydrogen (secondary N) is 1. The molecule has 22 heavy (non-hydrogen) atoms. The van der Waals surface area contributed by atoms with E-state index in [0.29, 0.717) is 30.6 Å². The first kappa shape index (κ1) is 17.2. The van der Waals surface area contributed by atoms with Crippen molar-refractivity contribution in [2.75, 3.05) is 24.3 Å². The SMILES string of the molecule is C[C@@H]1C[C@H](C)CN(S(=O)(=O)c2ccc(NC(=O)CCl)cc2)C1. The summed E-state index contributed by atoms with van der Waals surface area (Å²) in [7, 11) is -3.48. The van der Waals surface area contributed by atoms with Gasteiger partial charge in [-0.25, -0.2) is 8.42 Å². The van der Waals surface area contributed by atoms with Crippen molar-refractivity contribution in [3.63, 3.8) is 0 Å². The fraction of sp³-hybridized carbons (Fsp3) is 0.533. The van der Waals surface area contributed by atoms with Gasteiger partial charge in [-0.2, -0.15) is 4.31 Å². The summed E-state index contributed by atoms with van der Waals surface area (Å²) in [5.74, 6) is 0.265. The fourth-order valence-electron chi connectivity index (χ4n) is 2.86. The van der Waals surface area contributed by atoms with E-state index in [-0.39, 0.29) is 16.7 Å². The molecule has 0 saturated carbocycles. The first-order chi connectivity index (χ1) is 10.3. The van der Waals surface area contributed by atoms with Gasteiger partial charge < -0.3 is 5.32 Å². The van der Waals surface area contributed by atoms with Gasteiger partial charge in [0, 0.05) is 18.8 Å². The maximum atomic E-state index is 12.7. The molecule has 0 bridgehead atoms. The topological polar surface area (TPSA) is 66.5 Å². The minimum Gasteiger partial charge on any atom is -0.325 e. The maximum Gasteiger partial charge on any atom is 0.243 e. The number of hydrogen-bond acceptors (Lipinski definition) is 3. The van der Waals surface area contributed by atoms with E-state index >= 15 is 0 Å². The molecule has 0 spiro atoms. The largest absolute Gasteiger partial charge is 0.325 e. The Hall–Kier alpha value is -1.11. The lowest BCUT2D eigenvalue weighted by molar-refractivity contribution is -0.113. The predicted octanol–water partition coefficient (Wildman–Crippen LogP) is 2.53. The Morgan fingerprint density at radius 1 is 1.23 bits per heavy atom. The summed E-state index contributed by atoms with van der Waals surface area (Å²) in [5, 5.41) is 2.58. The van der Waals surface area contributed by atoms with Crippen molar-refractivity contribution >= 4 is 33.2 Å². The molecular formula is C15H21ClN2O3S. The van der Waals surface area contributed by atoms with Crippen LogP contribution in [-0.2, 0) is 14.8 Å². The molecule has 1 aromatic carbocycles. The van der Waals surface area contributed by atoms with Crippen LogP contribution in [0.25, 0.3) is 0 Å². The highest BCUT2D eigenvalue weighted by molar-refractivity contribution is 7.89. The molecule has 1 saturated heterocycles. The van der Waals surface area contributed by atoms with E-state index < -0.39 is 10.0 Å². The standard InChI is InChI=1S/C15H21ClN2O3S/c1-11-7-12(2)10-18(9-11)22(20,21)14-5-3-13(4-6-14)17-15(19)8-16/h3-6,11-12H,7-10H2,1-2H3,(H,17,19)/t11-,12+. The number of alkyl halides is 1. The zero-order valence-corrected chi connectivity index (χ0v) is 14.3. The second-order valence-corrected chi connectivity index (χ2v) is 8.18. The number of sulfonamides is 1. The second-order valence-electron chi connectivity index (χ2n) is 5.97. The average Bonchev–Trinajstić information content (AvgIpc) is 2.46. The number of carbonyl (C=O) groups is 1. The number of nitrogens with zero attached hydrogens (tertiary/aromatic N) is 1. The molecule has 5 nitrogen and oxygen atoms in total. The zero-order chi connectivity index (χ0) is 16.3. The highest BCUT2D eigenvalue weighted by Crippen LogP contribution is 2.27. The Kier molecular flexibility index (Phi) is 5.47. The minimum atomic E-state index is -3.48. The van der Waals surface area contributed by atoms with Crippen LogP contribution in [0.5, 0.6) is 0 Å². The van der Waals surface area contributed by atoms with Gasteiger partial charge in [-0.05, 0) is 42.5 Å². The van der Waals surface area contributed by atoms with Crippen LogP contribution >= 0.6 is 11.6 Å². The van der Waals surface area contributed by atoms with Gasteiger partial charge >= 0.3 is 0 Å². The lowest BCUT2D eigenvalue weighted by Gasteiger charge is -2.34.